The van der Waals surface area contributed by atoms with Gasteiger partial charge in [0.25, 0.3) is 0 Å². The zero-order valence-electron chi connectivity index (χ0n) is 13.9. The summed E-state index contributed by atoms with van der Waals surface area (Å²) in [5.41, 5.74) is -0.301. The van der Waals surface area contributed by atoms with E-state index in [0.29, 0.717) is 24.5 Å². The Kier molecular flexibility index (Phi) is 7.39. The number of nitrogens with one attached hydrogen (secondary N) is 3. The van der Waals surface area contributed by atoms with Gasteiger partial charge in [0, 0.05) is 28.5 Å². The van der Waals surface area contributed by atoms with E-state index in [9.17, 15) is 22.8 Å². The number of hydrogen-bond donors (Lipinski definition) is 3. The molecule has 0 atom stereocenters. The summed E-state index contributed by atoms with van der Waals surface area (Å²) < 4.78 is 38.3. The highest BCUT2D eigenvalue weighted by molar-refractivity contribution is 14.1. The lowest BCUT2D eigenvalue weighted by atomic mass is 10.3. The average Bonchev–Trinajstić information content (AvgIpc) is 2.62. The first-order valence-electron chi connectivity index (χ1n) is 7.87. The topological polar surface area (TPSA) is 83.1 Å². The molecular formula is C17H16F3IN4O2. The van der Waals surface area contributed by atoms with Gasteiger partial charge in [-0.15, -0.1) is 0 Å². The quantitative estimate of drug-likeness (QED) is 0.329. The largest absolute Gasteiger partial charge is 0.417 e. The van der Waals surface area contributed by atoms with Gasteiger partial charge in [-0.25, -0.2) is 4.98 Å². The van der Waals surface area contributed by atoms with Crippen molar-refractivity contribution in [1.29, 1.82) is 0 Å². The number of hydrogen-bond acceptors (Lipinski definition) is 4. The first kappa shape index (κ1) is 20.9. The molecule has 2 rings (SSSR count). The van der Waals surface area contributed by atoms with Crippen molar-refractivity contribution >= 4 is 45.9 Å². The van der Waals surface area contributed by atoms with Gasteiger partial charge < -0.3 is 16.0 Å². The number of pyridine rings is 1. The van der Waals surface area contributed by atoms with Gasteiger partial charge in [-0.05, 0) is 65.4 Å². The van der Waals surface area contributed by atoms with Crippen LogP contribution in [0.5, 0.6) is 0 Å². The van der Waals surface area contributed by atoms with Crippen molar-refractivity contribution in [1.82, 2.24) is 10.3 Å². The maximum Gasteiger partial charge on any atom is 0.417 e. The molecule has 0 bridgehead atoms. The number of carbonyl (C=O) groups excluding carboxylic acids is 2. The molecular weight excluding hydrogens is 476 g/mol. The van der Waals surface area contributed by atoms with E-state index in [4.69, 9.17) is 0 Å². The van der Waals surface area contributed by atoms with Gasteiger partial charge in [0.2, 0.25) is 0 Å². The zero-order chi connectivity index (χ0) is 19.9. The summed E-state index contributed by atoms with van der Waals surface area (Å²) in [6.07, 6.45) is -3.21. The number of benzene rings is 1. The highest BCUT2D eigenvalue weighted by Gasteiger charge is 2.30. The molecule has 1 aromatic carbocycles. The van der Waals surface area contributed by atoms with E-state index in [1.807, 2.05) is 0 Å². The van der Waals surface area contributed by atoms with Gasteiger partial charge in [-0.2, -0.15) is 13.2 Å². The maximum atomic E-state index is 12.4. The van der Waals surface area contributed by atoms with Crippen molar-refractivity contribution in [3.8, 4) is 0 Å². The van der Waals surface area contributed by atoms with Crippen LogP contribution in [0.15, 0.2) is 42.6 Å². The molecule has 3 N–H and O–H groups in total. The molecule has 0 fully saturated rings. The van der Waals surface area contributed by atoms with Crippen LogP contribution in [-0.2, 0) is 15.8 Å². The summed E-state index contributed by atoms with van der Waals surface area (Å²) in [6, 6.07) is 9.15. The first-order chi connectivity index (χ1) is 12.8. The van der Waals surface area contributed by atoms with E-state index in [0.717, 1.165) is 15.8 Å². The molecule has 27 heavy (non-hydrogen) atoms. The lowest BCUT2D eigenvalue weighted by Gasteiger charge is -2.09. The van der Waals surface area contributed by atoms with Crippen LogP contribution in [0.4, 0.5) is 24.7 Å². The number of aromatic nitrogens is 1. The minimum Gasteiger partial charge on any atom is -0.370 e. The Labute approximate surface area is 167 Å². The van der Waals surface area contributed by atoms with Crippen molar-refractivity contribution in [2.45, 2.75) is 12.6 Å². The molecule has 144 valence electrons. The molecule has 0 spiro atoms. The fourth-order valence-electron chi connectivity index (χ4n) is 1.97. The van der Waals surface area contributed by atoms with Crippen molar-refractivity contribution < 1.29 is 22.8 Å². The normalized spacial score (nSPS) is 11.0. The Morgan fingerprint density at radius 2 is 1.70 bits per heavy atom. The number of anilines is 2. The molecule has 0 aliphatic carbocycles. The van der Waals surface area contributed by atoms with E-state index >= 15 is 0 Å². The van der Waals surface area contributed by atoms with Gasteiger partial charge >= 0.3 is 18.0 Å². The summed E-state index contributed by atoms with van der Waals surface area (Å²) in [5, 5.41) is 7.79. The standard InChI is InChI=1S/C17H16F3IN4O2/c18-17(19,20)11-2-7-14(24-10-11)22-8-1-9-23-15(26)16(27)25-13-5-3-12(21)4-6-13/h2-7,10H,1,8-9H2,(H,22,24)(H,23,26)(H,25,27). The monoisotopic (exact) mass is 492 g/mol. The van der Waals surface area contributed by atoms with Crippen LogP contribution < -0.4 is 16.0 Å². The molecule has 10 heteroatoms. The molecule has 1 aromatic heterocycles. The van der Waals surface area contributed by atoms with Crippen molar-refractivity contribution in [3.05, 3.63) is 51.7 Å². The van der Waals surface area contributed by atoms with Gasteiger partial charge in [0.05, 0.1) is 5.56 Å². The predicted molar refractivity (Wildman–Crippen MR) is 103 cm³/mol. The number of amides is 2. The summed E-state index contributed by atoms with van der Waals surface area (Å²) in [7, 11) is 0. The third-order valence-electron chi connectivity index (χ3n) is 3.34. The van der Waals surface area contributed by atoms with Gasteiger partial charge in [0.1, 0.15) is 5.82 Å². The Balaban J connectivity index is 1.66. The second-order valence-electron chi connectivity index (χ2n) is 5.43. The van der Waals surface area contributed by atoms with E-state index in [2.05, 4.69) is 43.5 Å². The molecule has 6 nitrogen and oxygen atoms in total. The molecule has 0 radical (unpaired) electrons. The summed E-state index contributed by atoms with van der Waals surface area (Å²) in [6.45, 7) is 0.601. The Morgan fingerprint density at radius 3 is 2.30 bits per heavy atom. The van der Waals surface area contributed by atoms with Crippen molar-refractivity contribution in [2.24, 2.45) is 0 Å². The Hall–Kier alpha value is -2.37. The molecule has 0 unspecified atom stereocenters. The highest BCUT2D eigenvalue weighted by atomic mass is 127. The van der Waals surface area contributed by atoms with Crippen LogP contribution in [0.25, 0.3) is 0 Å². The smallest absolute Gasteiger partial charge is 0.370 e. The van der Waals surface area contributed by atoms with E-state index < -0.39 is 23.6 Å². The summed E-state index contributed by atoms with van der Waals surface area (Å²) >= 11 is 2.13. The first-order valence-corrected chi connectivity index (χ1v) is 8.95. The number of rotatable bonds is 6. The third kappa shape index (κ3) is 7.04. The van der Waals surface area contributed by atoms with Crippen LogP contribution in [0.2, 0.25) is 0 Å². The fraction of sp³-hybridized carbons (Fsp3) is 0.235. The Morgan fingerprint density at radius 1 is 1.00 bits per heavy atom. The molecule has 0 saturated carbocycles. The van der Waals surface area contributed by atoms with Crippen LogP contribution in [0, 0.1) is 3.57 Å². The maximum absolute atomic E-state index is 12.4. The number of carbonyl (C=O) groups is 2. The van der Waals surface area contributed by atoms with Gasteiger partial charge in [-0.3, -0.25) is 9.59 Å². The molecule has 2 aromatic rings. The minimum absolute atomic E-state index is 0.229. The zero-order valence-corrected chi connectivity index (χ0v) is 16.1. The molecule has 1 heterocycles. The SMILES string of the molecule is O=C(NCCCNc1ccc(C(F)(F)F)cn1)C(=O)Nc1ccc(I)cc1. The number of halogens is 4. The minimum atomic E-state index is -4.42. The number of nitrogens with zero attached hydrogens (tertiary/aromatic N) is 1. The lowest BCUT2D eigenvalue weighted by Crippen LogP contribution is -2.36. The predicted octanol–water partition coefficient (Wildman–Crippen LogP) is 3.26. The Bertz CT molecular complexity index is 780. The van der Waals surface area contributed by atoms with Crippen LogP contribution in [0.3, 0.4) is 0 Å². The second-order valence-corrected chi connectivity index (χ2v) is 6.67. The molecule has 0 saturated heterocycles. The highest BCUT2D eigenvalue weighted by Crippen LogP contribution is 2.28. The van der Waals surface area contributed by atoms with E-state index in [1.54, 1.807) is 24.3 Å². The average molecular weight is 492 g/mol. The van der Waals surface area contributed by atoms with Crippen molar-refractivity contribution in [3.63, 3.8) is 0 Å². The molecule has 0 aliphatic heterocycles. The lowest BCUT2D eigenvalue weighted by molar-refractivity contribution is -0.137. The van der Waals surface area contributed by atoms with Crippen molar-refractivity contribution in [2.75, 3.05) is 23.7 Å². The van der Waals surface area contributed by atoms with E-state index in [-0.39, 0.29) is 6.54 Å². The van der Waals surface area contributed by atoms with Crippen LogP contribution in [-0.4, -0.2) is 29.9 Å². The summed E-state index contributed by atoms with van der Waals surface area (Å²) in [4.78, 5) is 27.1. The third-order valence-corrected chi connectivity index (χ3v) is 4.06. The number of alkyl halides is 3. The van der Waals surface area contributed by atoms with Gasteiger partial charge in [-0.1, -0.05) is 0 Å². The van der Waals surface area contributed by atoms with Gasteiger partial charge in [0.15, 0.2) is 0 Å². The summed E-state index contributed by atoms with van der Waals surface area (Å²) in [5.74, 6) is -1.24. The van der Waals surface area contributed by atoms with Crippen LogP contribution in [0.1, 0.15) is 12.0 Å². The van der Waals surface area contributed by atoms with Crippen LogP contribution >= 0.6 is 22.6 Å². The fourth-order valence-corrected chi connectivity index (χ4v) is 2.33. The second kappa shape index (κ2) is 9.53. The molecule has 0 aliphatic rings. The van der Waals surface area contributed by atoms with E-state index in [1.165, 1.54) is 6.07 Å². The molecule has 2 amide bonds.